The van der Waals surface area contributed by atoms with E-state index in [4.69, 9.17) is 9.63 Å². The van der Waals surface area contributed by atoms with Crippen molar-refractivity contribution in [2.75, 3.05) is 12.8 Å². The van der Waals surface area contributed by atoms with Crippen LogP contribution in [0.5, 0.6) is 0 Å². The zero-order valence-electron chi connectivity index (χ0n) is 18.0. The van der Waals surface area contributed by atoms with Gasteiger partial charge in [-0.05, 0) is 51.8 Å². The van der Waals surface area contributed by atoms with E-state index in [0.717, 1.165) is 36.0 Å². The lowest BCUT2D eigenvalue weighted by Gasteiger charge is -2.28. The lowest BCUT2D eigenvalue weighted by Crippen LogP contribution is -2.25. The number of carbonyl (C=O) groups is 1. The summed E-state index contributed by atoms with van der Waals surface area (Å²) in [5.41, 5.74) is 4.20. The normalized spacial score (nSPS) is 22.3. The molecule has 0 bridgehead atoms. The maximum atomic E-state index is 13.5. The molecule has 0 aromatic heterocycles. The number of carboxylic acids is 1. The zero-order valence-corrected chi connectivity index (χ0v) is 18.9. The first-order valence-corrected chi connectivity index (χ1v) is 12.3. The Balaban J connectivity index is 1.51. The summed E-state index contributed by atoms with van der Waals surface area (Å²) in [6.45, 7) is -0.0439. The van der Waals surface area contributed by atoms with Crippen LogP contribution >= 0.6 is 8.03 Å². The van der Waals surface area contributed by atoms with Crippen molar-refractivity contribution >= 4 is 19.6 Å². The van der Waals surface area contributed by atoms with Crippen molar-refractivity contribution in [3.63, 3.8) is 0 Å². The molecular weight excluding hydrogens is 442 g/mol. The van der Waals surface area contributed by atoms with Crippen LogP contribution in [0.15, 0.2) is 54.6 Å². The molecule has 1 fully saturated rings. The van der Waals surface area contributed by atoms with E-state index in [1.165, 1.54) is 17.7 Å². The Morgan fingerprint density at radius 1 is 1.24 bits per heavy atom. The van der Waals surface area contributed by atoms with Gasteiger partial charge in [-0.25, -0.2) is 4.39 Å². The summed E-state index contributed by atoms with van der Waals surface area (Å²) in [5, 5.41) is 18.2. The third-order valence-electron chi connectivity index (χ3n) is 6.31. The second-order valence-corrected chi connectivity index (χ2v) is 9.75. The summed E-state index contributed by atoms with van der Waals surface area (Å²) in [5.74, 6) is 4.95. The Kier molecular flexibility index (Phi) is 7.05. The van der Waals surface area contributed by atoms with Gasteiger partial charge in [-0.2, -0.15) is 0 Å². The summed E-state index contributed by atoms with van der Waals surface area (Å²) >= 11 is 0. The number of benzene rings is 2. The van der Waals surface area contributed by atoms with Gasteiger partial charge in [0.25, 0.3) is 0 Å². The number of aliphatic hydroxyl groups excluding tert-OH is 1. The van der Waals surface area contributed by atoms with Crippen LogP contribution < -0.4 is 0 Å². The minimum atomic E-state index is -2.18. The summed E-state index contributed by atoms with van der Waals surface area (Å²) in [6.07, 6.45) is 3.29. The van der Waals surface area contributed by atoms with Gasteiger partial charge in [0.1, 0.15) is 11.9 Å². The fourth-order valence-corrected chi connectivity index (χ4v) is 5.68. The summed E-state index contributed by atoms with van der Waals surface area (Å²) in [4.78, 5) is 10.6. The molecule has 1 saturated carbocycles. The van der Waals surface area contributed by atoms with Gasteiger partial charge < -0.3 is 10.2 Å². The summed E-state index contributed by atoms with van der Waals surface area (Å²) in [7, 11) is -2.18. The monoisotopic (exact) mass is 467 g/mol. The molecule has 5 nitrogen and oxygen atoms in total. The average Bonchev–Trinajstić information content (AvgIpc) is 3.33. The molecule has 0 radical (unpaired) electrons. The Bertz CT molecular complexity index is 1150. The first kappa shape index (κ1) is 23.3. The molecular formula is C26H25FO5P+. The molecule has 2 N–H and O–H groups in total. The Morgan fingerprint density at radius 3 is 2.76 bits per heavy atom. The number of carboxylic acid groups (broad SMARTS) is 1. The first-order chi connectivity index (χ1) is 15.9. The van der Waals surface area contributed by atoms with E-state index in [9.17, 15) is 18.9 Å². The van der Waals surface area contributed by atoms with E-state index in [2.05, 4.69) is 30.0 Å². The van der Waals surface area contributed by atoms with Crippen LogP contribution in [-0.4, -0.2) is 35.1 Å². The van der Waals surface area contributed by atoms with E-state index < -0.39 is 26.5 Å². The van der Waals surface area contributed by atoms with Crippen LogP contribution in [-0.2, 0) is 19.3 Å². The largest absolute Gasteiger partial charge is 0.511 e. The first-order valence-electron chi connectivity index (χ1n) is 10.9. The van der Waals surface area contributed by atoms with Crippen LogP contribution in [0.3, 0.4) is 0 Å². The van der Waals surface area contributed by atoms with Gasteiger partial charge in [0, 0.05) is 11.3 Å². The van der Waals surface area contributed by atoms with Gasteiger partial charge in [0.05, 0.1) is 6.42 Å². The fourth-order valence-electron chi connectivity index (χ4n) is 4.89. The zero-order chi connectivity index (χ0) is 23.4. The van der Waals surface area contributed by atoms with E-state index in [1.807, 2.05) is 12.1 Å². The van der Waals surface area contributed by atoms with Gasteiger partial charge in [-0.3, -0.25) is 4.79 Å². The fraction of sp³-hybridized carbons (Fsp3) is 0.346. The molecule has 2 aliphatic carbocycles. The van der Waals surface area contributed by atoms with Gasteiger partial charge in [-0.15, -0.1) is 4.52 Å². The van der Waals surface area contributed by atoms with Crippen LogP contribution in [0, 0.1) is 23.6 Å². The molecule has 33 heavy (non-hydrogen) atoms. The Hall–Kier alpha value is -2.84. The number of aliphatic hydroxyl groups is 1. The molecule has 0 amide bonds. The van der Waals surface area contributed by atoms with E-state index in [-0.39, 0.29) is 29.9 Å². The number of fused-ring (bicyclic) bond motifs is 2. The Labute approximate surface area is 193 Å². The van der Waals surface area contributed by atoms with Crippen molar-refractivity contribution in [2.45, 2.75) is 37.2 Å². The highest BCUT2D eigenvalue weighted by Gasteiger charge is 2.46. The minimum absolute atomic E-state index is 0.0439. The van der Waals surface area contributed by atoms with Gasteiger partial charge in [-0.1, -0.05) is 60.7 Å². The summed E-state index contributed by atoms with van der Waals surface area (Å²) in [6, 6.07) is 14.8. The number of aliphatic carboxylic acids is 1. The molecule has 4 rings (SSSR count). The molecule has 0 saturated heterocycles. The smallest absolute Gasteiger partial charge is 0.481 e. The molecule has 3 unspecified atom stereocenters. The maximum absolute atomic E-state index is 13.5. The van der Waals surface area contributed by atoms with E-state index in [1.54, 1.807) is 12.1 Å². The molecule has 0 heterocycles. The number of hydrogen-bond acceptors (Lipinski definition) is 4. The summed E-state index contributed by atoms with van der Waals surface area (Å²) < 4.78 is 30.6. The van der Waals surface area contributed by atoms with Crippen molar-refractivity contribution in [1.29, 1.82) is 0 Å². The lowest BCUT2D eigenvalue weighted by atomic mass is 9.74. The Morgan fingerprint density at radius 2 is 2.00 bits per heavy atom. The van der Waals surface area contributed by atoms with Crippen molar-refractivity contribution < 1.29 is 28.5 Å². The predicted octanol–water partition coefficient (Wildman–Crippen LogP) is 4.91. The van der Waals surface area contributed by atoms with Crippen LogP contribution in [0.2, 0.25) is 0 Å². The topological polar surface area (TPSA) is 83.8 Å². The van der Waals surface area contributed by atoms with Crippen LogP contribution in [0.4, 0.5) is 4.39 Å². The molecule has 2 aromatic carbocycles. The van der Waals surface area contributed by atoms with E-state index in [0.29, 0.717) is 0 Å². The van der Waals surface area contributed by atoms with Crippen LogP contribution in [0.1, 0.15) is 42.4 Å². The molecule has 170 valence electrons. The molecule has 1 spiro atoms. The second-order valence-electron chi connectivity index (χ2n) is 8.46. The molecule has 2 aromatic rings. The third kappa shape index (κ3) is 5.07. The highest BCUT2D eigenvalue weighted by molar-refractivity contribution is 7.39. The van der Waals surface area contributed by atoms with E-state index >= 15 is 0 Å². The third-order valence-corrected chi connectivity index (χ3v) is 7.44. The van der Waals surface area contributed by atoms with Gasteiger partial charge >= 0.3 is 14.0 Å². The molecule has 2 aliphatic rings. The maximum Gasteiger partial charge on any atom is 0.511 e. The standard InChI is InChI=1S/C26H24FO5P/c27-20-11-9-18(10-12-20)23-16-26(24-8-2-1-7-22(23)24)13-3-5-19(26)6-4-14-32-33(31)17-21(28)15-25(29)30/h1-2,7-12,16,19,21,28H,3,5,13-15,17H2/p+1/t19?,21-,26?/m0/s1. The molecule has 4 atom stereocenters. The highest BCUT2D eigenvalue weighted by atomic mass is 31.1. The highest BCUT2D eigenvalue weighted by Crippen LogP contribution is 2.54. The van der Waals surface area contributed by atoms with Crippen LogP contribution in [0.25, 0.3) is 5.57 Å². The number of allylic oxidation sites excluding steroid dienone is 1. The number of rotatable bonds is 7. The van der Waals surface area contributed by atoms with Gasteiger partial charge in [0.15, 0.2) is 6.61 Å². The number of hydrogen-bond donors (Lipinski definition) is 2. The van der Waals surface area contributed by atoms with Gasteiger partial charge in [0.2, 0.25) is 6.16 Å². The molecule has 0 aliphatic heterocycles. The SMILES string of the molecule is O=C(O)C[C@H](O)C[P+](=O)OCC#CC1CCCC12C=C(c1ccc(F)cc1)c1ccccc12. The second kappa shape index (κ2) is 9.97. The lowest BCUT2D eigenvalue weighted by molar-refractivity contribution is -0.138. The van der Waals surface area contributed by atoms with Crippen molar-refractivity contribution in [2.24, 2.45) is 5.92 Å². The predicted molar refractivity (Wildman–Crippen MR) is 123 cm³/mol. The average molecular weight is 467 g/mol. The molecule has 7 heteroatoms. The van der Waals surface area contributed by atoms with Crippen molar-refractivity contribution in [1.82, 2.24) is 0 Å². The number of halogens is 1. The quantitative estimate of drug-likeness (QED) is 0.447. The minimum Gasteiger partial charge on any atom is -0.481 e. The van der Waals surface area contributed by atoms with Crippen molar-refractivity contribution in [3.05, 3.63) is 77.1 Å². The van der Waals surface area contributed by atoms with Crippen molar-refractivity contribution in [3.8, 4) is 11.8 Å².